The minimum Gasteiger partial charge on any atom is -0.481 e. The molecule has 0 amide bonds. The monoisotopic (exact) mass is 330 g/mol. The van der Waals surface area contributed by atoms with Crippen molar-refractivity contribution < 1.29 is 28.8 Å². The number of carboxylic acids is 1. The first kappa shape index (κ1) is 22.3. The summed E-state index contributed by atoms with van der Waals surface area (Å²) in [4.78, 5) is 10.0. The van der Waals surface area contributed by atoms with Crippen LogP contribution in [0.5, 0.6) is 0 Å². The smallest absolute Gasteiger partial charge is 0.305 e. The minimum absolute atomic E-state index is 0.0482. The van der Waals surface area contributed by atoms with Crippen LogP contribution in [-0.2, 0) is 23.7 Å². The quantitative estimate of drug-likeness (QED) is 0.346. The van der Waals surface area contributed by atoms with Gasteiger partial charge in [-0.2, -0.15) is 25.3 Å². The lowest BCUT2D eigenvalue weighted by Gasteiger charge is -2.02. The SMILES string of the molecule is COCCOCCS.O=C(O)CCOCCOCCS. The predicted octanol–water partition coefficient (Wildman–Crippen LogP) is 1.00. The Morgan fingerprint density at radius 1 is 0.850 bits per heavy atom. The van der Waals surface area contributed by atoms with Gasteiger partial charge in [-0.15, -0.1) is 0 Å². The molecule has 0 saturated carbocycles. The maximum atomic E-state index is 10.0. The van der Waals surface area contributed by atoms with E-state index in [9.17, 15) is 4.79 Å². The lowest BCUT2D eigenvalue weighted by atomic mass is 10.5. The Morgan fingerprint density at radius 2 is 1.30 bits per heavy atom. The Morgan fingerprint density at radius 3 is 1.70 bits per heavy atom. The average Bonchev–Trinajstić information content (AvgIpc) is 2.43. The Kier molecular flexibility index (Phi) is 23.8. The third kappa shape index (κ3) is 26.5. The van der Waals surface area contributed by atoms with E-state index in [4.69, 9.17) is 24.1 Å². The van der Waals surface area contributed by atoms with Crippen molar-refractivity contribution in [2.45, 2.75) is 6.42 Å². The lowest BCUT2D eigenvalue weighted by molar-refractivity contribution is -0.138. The van der Waals surface area contributed by atoms with E-state index in [2.05, 4.69) is 25.3 Å². The van der Waals surface area contributed by atoms with Crippen molar-refractivity contribution in [2.75, 3.05) is 64.9 Å². The van der Waals surface area contributed by atoms with Gasteiger partial charge in [-0.3, -0.25) is 4.79 Å². The molecule has 0 rings (SSSR count). The highest BCUT2D eigenvalue weighted by molar-refractivity contribution is 7.80. The van der Waals surface area contributed by atoms with Crippen molar-refractivity contribution in [1.29, 1.82) is 0 Å². The normalized spacial score (nSPS) is 9.95. The number of hydrogen-bond acceptors (Lipinski definition) is 7. The third-order valence-electron chi connectivity index (χ3n) is 1.74. The fourth-order valence-corrected chi connectivity index (χ4v) is 1.11. The molecule has 1 N–H and O–H groups in total. The topological polar surface area (TPSA) is 74.2 Å². The molecule has 0 atom stereocenters. The number of carbonyl (C=O) groups is 1. The van der Waals surface area contributed by atoms with Crippen molar-refractivity contribution in [1.82, 2.24) is 0 Å². The van der Waals surface area contributed by atoms with Gasteiger partial charge in [0.25, 0.3) is 0 Å². The highest BCUT2D eigenvalue weighted by Gasteiger charge is 1.95. The molecule has 0 aromatic rings. The molecule has 0 aliphatic heterocycles. The van der Waals surface area contributed by atoms with Crippen LogP contribution in [0.2, 0.25) is 0 Å². The summed E-state index contributed by atoms with van der Waals surface area (Å²) in [7, 11) is 1.66. The van der Waals surface area contributed by atoms with Gasteiger partial charge >= 0.3 is 5.97 Å². The molecule has 0 fully saturated rings. The Balaban J connectivity index is 0. The van der Waals surface area contributed by atoms with Crippen molar-refractivity contribution in [2.24, 2.45) is 0 Å². The lowest BCUT2D eigenvalue weighted by Crippen LogP contribution is -2.08. The zero-order chi connectivity index (χ0) is 15.5. The number of ether oxygens (including phenoxy) is 4. The van der Waals surface area contributed by atoms with Crippen LogP contribution in [0.1, 0.15) is 6.42 Å². The van der Waals surface area contributed by atoms with Crippen LogP contribution in [-0.4, -0.2) is 75.9 Å². The van der Waals surface area contributed by atoms with Gasteiger partial charge in [-0.25, -0.2) is 0 Å². The van der Waals surface area contributed by atoms with E-state index in [0.29, 0.717) is 45.4 Å². The van der Waals surface area contributed by atoms with Gasteiger partial charge < -0.3 is 24.1 Å². The van der Waals surface area contributed by atoms with Gasteiger partial charge in [0, 0.05) is 18.6 Å². The van der Waals surface area contributed by atoms with E-state index in [1.54, 1.807) is 7.11 Å². The molecule has 8 heteroatoms. The molecule has 0 bridgehead atoms. The average molecular weight is 330 g/mol. The summed E-state index contributed by atoms with van der Waals surface area (Å²) in [6, 6.07) is 0. The molecule has 0 saturated heterocycles. The standard InChI is InChI=1S/C7H14O4S.C5H12O2S/c8-7(9)1-2-10-3-4-11-5-6-12;1-6-2-3-7-4-5-8/h12H,1-6H2,(H,8,9);8H,2-5H2,1H3. The molecule has 0 radical (unpaired) electrons. The van der Waals surface area contributed by atoms with E-state index in [0.717, 1.165) is 5.75 Å². The predicted molar refractivity (Wildman–Crippen MR) is 84.3 cm³/mol. The number of methoxy groups -OCH3 is 1. The molecule has 20 heavy (non-hydrogen) atoms. The van der Waals surface area contributed by atoms with Crippen LogP contribution in [0.4, 0.5) is 0 Å². The molecule has 0 aromatic carbocycles. The maximum Gasteiger partial charge on any atom is 0.305 e. The first-order valence-electron chi connectivity index (χ1n) is 6.34. The highest BCUT2D eigenvalue weighted by atomic mass is 32.1. The summed E-state index contributed by atoms with van der Waals surface area (Å²) in [6.07, 6.45) is 0.0482. The second kappa shape index (κ2) is 21.3. The van der Waals surface area contributed by atoms with E-state index in [1.165, 1.54) is 0 Å². The van der Waals surface area contributed by atoms with E-state index >= 15 is 0 Å². The number of rotatable bonds is 13. The highest BCUT2D eigenvalue weighted by Crippen LogP contribution is 1.84. The van der Waals surface area contributed by atoms with Gasteiger partial charge in [0.15, 0.2) is 0 Å². The molecule has 6 nitrogen and oxygen atoms in total. The molecule has 0 heterocycles. The van der Waals surface area contributed by atoms with Crippen LogP contribution in [0, 0.1) is 0 Å². The molecule has 0 aliphatic rings. The second-order valence-corrected chi connectivity index (χ2v) is 4.32. The number of thiol groups is 2. The van der Waals surface area contributed by atoms with Gasteiger partial charge in [-0.05, 0) is 0 Å². The zero-order valence-corrected chi connectivity index (χ0v) is 13.7. The second-order valence-electron chi connectivity index (χ2n) is 3.42. The van der Waals surface area contributed by atoms with Gasteiger partial charge in [-0.1, -0.05) is 0 Å². The zero-order valence-electron chi connectivity index (χ0n) is 12.0. The van der Waals surface area contributed by atoms with Crippen molar-refractivity contribution >= 4 is 31.2 Å². The molecule has 0 aromatic heterocycles. The minimum atomic E-state index is -0.841. The molecular weight excluding hydrogens is 304 g/mol. The molecule has 0 aliphatic carbocycles. The summed E-state index contributed by atoms with van der Waals surface area (Å²) in [5, 5.41) is 8.23. The summed E-state index contributed by atoms with van der Waals surface area (Å²) >= 11 is 7.90. The summed E-state index contributed by atoms with van der Waals surface area (Å²) in [6.45, 7) is 3.86. The largest absolute Gasteiger partial charge is 0.481 e. The van der Waals surface area contributed by atoms with Gasteiger partial charge in [0.05, 0.1) is 52.7 Å². The summed E-state index contributed by atoms with van der Waals surface area (Å²) in [5.74, 6) is 0.630. The molecule has 0 unspecified atom stereocenters. The number of aliphatic carboxylic acids is 1. The van der Waals surface area contributed by atoms with Crippen LogP contribution in [0.3, 0.4) is 0 Å². The van der Waals surface area contributed by atoms with Gasteiger partial charge in [0.1, 0.15) is 0 Å². The first-order valence-corrected chi connectivity index (χ1v) is 7.61. The first-order chi connectivity index (χ1) is 9.68. The van der Waals surface area contributed by atoms with Crippen LogP contribution in [0.15, 0.2) is 0 Å². The fraction of sp³-hybridized carbons (Fsp3) is 0.917. The van der Waals surface area contributed by atoms with E-state index in [-0.39, 0.29) is 13.0 Å². The number of carboxylic acid groups (broad SMARTS) is 1. The molecule has 0 spiro atoms. The van der Waals surface area contributed by atoms with E-state index in [1.807, 2.05) is 0 Å². The van der Waals surface area contributed by atoms with Crippen LogP contribution < -0.4 is 0 Å². The third-order valence-corrected chi connectivity index (χ3v) is 2.10. The molecule has 122 valence electrons. The van der Waals surface area contributed by atoms with Crippen molar-refractivity contribution in [3.8, 4) is 0 Å². The Bertz CT molecular complexity index is 189. The van der Waals surface area contributed by atoms with Crippen molar-refractivity contribution in [3.05, 3.63) is 0 Å². The summed E-state index contributed by atoms with van der Waals surface area (Å²) < 4.78 is 19.8. The van der Waals surface area contributed by atoms with Crippen molar-refractivity contribution in [3.63, 3.8) is 0 Å². The Hall–Kier alpha value is 0.01000. The van der Waals surface area contributed by atoms with Crippen LogP contribution in [0.25, 0.3) is 0 Å². The summed E-state index contributed by atoms with van der Waals surface area (Å²) in [5.41, 5.74) is 0. The Labute approximate surface area is 131 Å². The maximum absolute atomic E-state index is 10.0. The molecular formula is C12H26O6S2. The van der Waals surface area contributed by atoms with Gasteiger partial charge in [0.2, 0.25) is 0 Å². The number of hydrogen-bond donors (Lipinski definition) is 3. The van der Waals surface area contributed by atoms with Crippen LogP contribution >= 0.6 is 25.3 Å². The fourth-order valence-electron chi connectivity index (χ4n) is 0.855. The van der Waals surface area contributed by atoms with E-state index < -0.39 is 5.97 Å².